The van der Waals surface area contributed by atoms with E-state index in [1.165, 1.54) is 0 Å². The van der Waals surface area contributed by atoms with Crippen LogP contribution in [0.1, 0.15) is 6.92 Å². The molecule has 0 radical (unpaired) electrons. The molecule has 1 rings (SSSR count). The van der Waals surface area contributed by atoms with Gasteiger partial charge in [-0.3, -0.25) is 9.59 Å². The predicted octanol–water partition coefficient (Wildman–Crippen LogP) is -1.48. The van der Waals surface area contributed by atoms with E-state index in [0.717, 1.165) is 0 Å². The minimum absolute atomic E-state index is 0.210. The van der Waals surface area contributed by atoms with E-state index in [-0.39, 0.29) is 6.61 Å². The van der Waals surface area contributed by atoms with E-state index in [9.17, 15) is 14.4 Å². The number of hydrogen-bond donors (Lipinski definition) is 2. The highest BCUT2D eigenvalue weighted by atomic mass is 16.6. The first-order valence-corrected chi connectivity index (χ1v) is 4.38. The van der Waals surface area contributed by atoms with E-state index in [1.54, 1.807) is 6.92 Å². The second kappa shape index (κ2) is 4.74. The summed E-state index contributed by atoms with van der Waals surface area (Å²) in [4.78, 5) is 32.3. The average molecular weight is 217 g/mol. The van der Waals surface area contributed by atoms with Gasteiger partial charge in [-0.2, -0.15) is 0 Å². The van der Waals surface area contributed by atoms with Gasteiger partial charge in [0, 0.05) is 0 Å². The summed E-state index contributed by atoms with van der Waals surface area (Å²) in [7, 11) is 0. The van der Waals surface area contributed by atoms with Gasteiger partial charge in [-0.05, 0) is 6.92 Å². The van der Waals surface area contributed by atoms with Crippen LogP contribution in [0.25, 0.3) is 0 Å². The van der Waals surface area contributed by atoms with Gasteiger partial charge in [0.2, 0.25) is 0 Å². The van der Waals surface area contributed by atoms with Crippen molar-refractivity contribution in [2.24, 2.45) is 0 Å². The van der Waals surface area contributed by atoms with Crippen LogP contribution in [-0.4, -0.2) is 48.3 Å². The summed E-state index contributed by atoms with van der Waals surface area (Å²) in [6, 6.07) is 0. The molecule has 7 nitrogen and oxygen atoms in total. The van der Waals surface area contributed by atoms with Gasteiger partial charge >= 0.3 is 11.9 Å². The molecule has 1 aliphatic rings. The van der Waals surface area contributed by atoms with Crippen LogP contribution in [0.3, 0.4) is 0 Å². The Bertz CT molecular complexity index is 289. The van der Waals surface area contributed by atoms with Crippen molar-refractivity contribution in [1.82, 2.24) is 5.32 Å². The molecule has 1 heterocycles. The Kier molecular flexibility index (Phi) is 3.62. The third-order valence-electron chi connectivity index (χ3n) is 1.68. The lowest BCUT2D eigenvalue weighted by molar-refractivity contribution is -0.144. The third kappa shape index (κ3) is 3.21. The quantitative estimate of drug-likeness (QED) is 0.429. The Morgan fingerprint density at radius 2 is 2.07 bits per heavy atom. The molecule has 0 spiro atoms. The standard InChI is InChI=1S/C8H11NO6/c1-2-14-8(13)6-5(15-6)7(12)9-3-4(10)11/h5-6H,2-3H2,1H3,(H,9,12)(H,10,11). The summed E-state index contributed by atoms with van der Waals surface area (Å²) < 4.78 is 9.36. The highest BCUT2D eigenvalue weighted by Crippen LogP contribution is 2.23. The lowest BCUT2D eigenvalue weighted by Crippen LogP contribution is -2.34. The number of carboxylic acid groups (broad SMARTS) is 1. The van der Waals surface area contributed by atoms with E-state index in [4.69, 9.17) is 9.84 Å². The lowest BCUT2D eigenvalue weighted by atomic mass is 10.3. The first kappa shape index (κ1) is 11.4. The normalized spacial score (nSPS) is 23.0. The minimum atomic E-state index is -1.16. The maximum atomic E-state index is 11.1. The molecule has 7 heteroatoms. The van der Waals surface area contributed by atoms with Crippen LogP contribution in [-0.2, 0) is 23.9 Å². The molecule has 1 fully saturated rings. The Morgan fingerprint density at radius 3 is 2.60 bits per heavy atom. The molecule has 0 bridgehead atoms. The zero-order chi connectivity index (χ0) is 11.4. The van der Waals surface area contributed by atoms with Crippen LogP contribution in [0, 0.1) is 0 Å². The van der Waals surface area contributed by atoms with Crippen molar-refractivity contribution in [2.45, 2.75) is 19.1 Å². The number of carboxylic acids is 1. The van der Waals surface area contributed by atoms with Gasteiger partial charge in [0.05, 0.1) is 6.61 Å². The second-order valence-electron chi connectivity index (χ2n) is 2.84. The Morgan fingerprint density at radius 1 is 1.40 bits per heavy atom. The van der Waals surface area contributed by atoms with Crippen molar-refractivity contribution >= 4 is 17.8 Å². The average Bonchev–Trinajstić information content (AvgIpc) is 2.94. The zero-order valence-corrected chi connectivity index (χ0v) is 8.06. The van der Waals surface area contributed by atoms with Crippen LogP contribution >= 0.6 is 0 Å². The van der Waals surface area contributed by atoms with Gasteiger partial charge in [0.15, 0.2) is 12.2 Å². The van der Waals surface area contributed by atoms with E-state index < -0.39 is 36.6 Å². The number of ether oxygens (including phenoxy) is 2. The molecule has 2 atom stereocenters. The number of rotatable bonds is 5. The molecule has 1 amide bonds. The molecule has 1 aliphatic heterocycles. The zero-order valence-electron chi connectivity index (χ0n) is 8.06. The Hall–Kier alpha value is -1.63. The van der Waals surface area contributed by atoms with Gasteiger partial charge in [-0.25, -0.2) is 4.79 Å². The Balaban J connectivity index is 2.27. The first-order chi connectivity index (χ1) is 7.06. The maximum absolute atomic E-state index is 11.1. The van der Waals surface area contributed by atoms with Crippen LogP contribution in [0.15, 0.2) is 0 Å². The second-order valence-corrected chi connectivity index (χ2v) is 2.84. The summed E-state index contributed by atoms with van der Waals surface area (Å²) >= 11 is 0. The third-order valence-corrected chi connectivity index (χ3v) is 1.68. The molecule has 0 aromatic rings. The van der Waals surface area contributed by atoms with Gasteiger partial charge in [-0.15, -0.1) is 0 Å². The van der Waals surface area contributed by atoms with Gasteiger partial charge < -0.3 is 19.9 Å². The van der Waals surface area contributed by atoms with Crippen LogP contribution in [0.4, 0.5) is 0 Å². The number of carbonyl (C=O) groups excluding carboxylic acids is 2. The number of amides is 1. The predicted molar refractivity (Wildman–Crippen MR) is 45.9 cm³/mol. The molecule has 84 valence electrons. The number of nitrogens with one attached hydrogen (secondary N) is 1. The molecule has 2 N–H and O–H groups in total. The molecular weight excluding hydrogens is 206 g/mol. The fraction of sp³-hybridized carbons (Fsp3) is 0.625. The van der Waals surface area contributed by atoms with Crippen molar-refractivity contribution in [2.75, 3.05) is 13.2 Å². The number of hydrogen-bond acceptors (Lipinski definition) is 5. The number of aliphatic carboxylic acids is 1. The van der Waals surface area contributed by atoms with E-state index in [0.29, 0.717) is 0 Å². The SMILES string of the molecule is CCOC(=O)C1OC1C(=O)NCC(=O)O. The molecule has 0 saturated carbocycles. The summed E-state index contributed by atoms with van der Waals surface area (Å²) in [6.45, 7) is 1.36. The van der Waals surface area contributed by atoms with Crippen LogP contribution < -0.4 is 5.32 Å². The first-order valence-electron chi connectivity index (χ1n) is 4.38. The van der Waals surface area contributed by atoms with Crippen molar-refractivity contribution < 1.29 is 29.0 Å². The summed E-state index contributed by atoms with van der Waals surface area (Å²) in [5.41, 5.74) is 0. The largest absolute Gasteiger partial charge is 0.480 e. The molecular formula is C8H11NO6. The lowest BCUT2D eigenvalue weighted by Gasteiger charge is -1.98. The number of carbonyl (C=O) groups is 3. The van der Waals surface area contributed by atoms with Crippen molar-refractivity contribution in [3.05, 3.63) is 0 Å². The summed E-state index contributed by atoms with van der Waals surface area (Å²) in [6.07, 6.45) is -1.80. The van der Waals surface area contributed by atoms with Crippen LogP contribution in [0.2, 0.25) is 0 Å². The van der Waals surface area contributed by atoms with Crippen molar-refractivity contribution in [1.29, 1.82) is 0 Å². The molecule has 15 heavy (non-hydrogen) atoms. The van der Waals surface area contributed by atoms with E-state index in [1.807, 2.05) is 0 Å². The molecule has 0 aliphatic carbocycles. The molecule has 1 saturated heterocycles. The highest BCUT2D eigenvalue weighted by molar-refractivity contribution is 5.93. The highest BCUT2D eigenvalue weighted by Gasteiger charge is 2.51. The fourth-order valence-electron chi connectivity index (χ4n) is 0.979. The molecule has 0 aromatic carbocycles. The van der Waals surface area contributed by atoms with E-state index >= 15 is 0 Å². The van der Waals surface area contributed by atoms with Crippen molar-refractivity contribution in [3.8, 4) is 0 Å². The smallest absolute Gasteiger partial charge is 0.338 e. The summed E-state index contributed by atoms with van der Waals surface area (Å²) in [5, 5.41) is 10.4. The maximum Gasteiger partial charge on any atom is 0.338 e. The van der Waals surface area contributed by atoms with Gasteiger partial charge in [0.1, 0.15) is 6.54 Å². The fourth-order valence-corrected chi connectivity index (χ4v) is 0.979. The summed E-state index contributed by atoms with van der Waals surface area (Å²) in [5.74, 6) is -2.37. The Labute approximate surface area is 85.3 Å². The van der Waals surface area contributed by atoms with E-state index in [2.05, 4.69) is 10.1 Å². The number of epoxide rings is 1. The topological polar surface area (TPSA) is 105 Å². The number of esters is 1. The van der Waals surface area contributed by atoms with Crippen molar-refractivity contribution in [3.63, 3.8) is 0 Å². The molecule has 2 unspecified atom stereocenters. The van der Waals surface area contributed by atoms with Crippen LogP contribution in [0.5, 0.6) is 0 Å². The van der Waals surface area contributed by atoms with Gasteiger partial charge in [-0.1, -0.05) is 0 Å². The minimum Gasteiger partial charge on any atom is -0.480 e. The molecule has 0 aromatic heterocycles. The monoisotopic (exact) mass is 217 g/mol. The van der Waals surface area contributed by atoms with Gasteiger partial charge in [0.25, 0.3) is 5.91 Å².